The first-order valence-corrected chi connectivity index (χ1v) is 6.81. The van der Waals surface area contributed by atoms with Crippen molar-refractivity contribution in [3.05, 3.63) is 16.4 Å². The van der Waals surface area contributed by atoms with Gasteiger partial charge in [-0.05, 0) is 6.92 Å². The van der Waals surface area contributed by atoms with Crippen molar-refractivity contribution in [2.75, 3.05) is 6.61 Å². The number of esters is 1. The Balaban J connectivity index is 2.50. The van der Waals surface area contributed by atoms with Crippen LogP contribution in [0, 0.1) is 0 Å². The monoisotopic (exact) mass is 321 g/mol. The summed E-state index contributed by atoms with van der Waals surface area (Å²) in [6, 6.07) is 0. The summed E-state index contributed by atoms with van der Waals surface area (Å²) in [5, 5.41) is 4.40. The third kappa shape index (κ3) is 2.19. The van der Waals surface area contributed by atoms with Gasteiger partial charge in [0.2, 0.25) is 4.96 Å². The van der Waals surface area contributed by atoms with E-state index in [-0.39, 0.29) is 5.82 Å². The molecule has 2 heterocycles. The number of aromatic nitrogens is 3. The molecule has 0 unspecified atom stereocenters. The third-order valence-electron chi connectivity index (χ3n) is 2.04. The van der Waals surface area contributed by atoms with Crippen LogP contribution < -0.4 is 0 Å². The fraction of sp³-hybridized carbons (Fsp3) is 0.444. The molecule has 2 rings (SSSR count). The minimum absolute atomic E-state index is 0.119. The molecular weight excluding hydrogens is 313 g/mol. The summed E-state index contributed by atoms with van der Waals surface area (Å²) < 4.78 is 18.8. The number of hydrogen-bond acceptors (Lipinski definition) is 5. The van der Waals surface area contributed by atoms with Gasteiger partial charge < -0.3 is 4.74 Å². The smallest absolute Gasteiger partial charge is 0.350 e. The quantitative estimate of drug-likeness (QED) is 0.640. The van der Waals surface area contributed by atoms with Crippen LogP contribution in [0.2, 0.25) is 0 Å². The normalized spacial score (nSPS) is 11.0. The van der Waals surface area contributed by atoms with E-state index in [0.717, 1.165) is 11.3 Å². The largest absolute Gasteiger partial charge is 0.462 e. The highest BCUT2D eigenvalue weighted by Gasteiger charge is 2.21. The molecule has 0 saturated heterocycles. The molecule has 0 aliphatic carbocycles. The van der Waals surface area contributed by atoms with Gasteiger partial charge in [-0.25, -0.2) is 13.7 Å². The van der Waals surface area contributed by atoms with Crippen LogP contribution in [0.4, 0.5) is 4.39 Å². The second-order valence-electron chi connectivity index (χ2n) is 3.09. The van der Waals surface area contributed by atoms with Crippen molar-refractivity contribution in [2.45, 2.75) is 18.9 Å². The van der Waals surface area contributed by atoms with E-state index >= 15 is 0 Å². The van der Waals surface area contributed by atoms with E-state index in [1.54, 1.807) is 6.92 Å². The van der Waals surface area contributed by atoms with Crippen molar-refractivity contribution < 1.29 is 13.9 Å². The lowest BCUT2D eigenvalue weighted by Gasteiger charge is -2.00. The topological polar surface area (TPSA) is 56.5 Å². The zero-order valence-corrected chi connectivity index (χ0v) is 11.3. The molecule has 0 amide bonds. The third-order valence-corrected chi connectivity index (χ3v) is 3.62. The zero-order chi connectivity index (χ0) is 12.4. The molecule has 0 fully saturated rings. The Labute approximate surface area is 109 Å². The highest BCUT2D eigenvalue weighted by molar-refractivity contribution is 9.08. The van der Waals surface area contributed by atoms with Crippen LogP contribution >= 0.6 is 27.3 Å². The number of carbonyl (C=O) groups is 1. The zero-order valence-electron chi connectivity index (χ0n) is 8.94. The first-order valence-electron chi connectivity index (χ1n) is 4.87. The van der Waals surface area contributed by atoms with Crippen LogP contribution in [0.25, 0.3) is 4.96 Å². The second kappa shape index (κ2) is 5.09. The van der Waals surface area contributed by atoms with Gasteiger partial charge in [-0.2, -0.15) is 4.98 Å². The molecule has 0 spiro atoms. The lowest BCUT2D eigenvalue weighted by Crippen LogP contribution is -2.06. The Morgan fingerprint density at radius 1 is 1.65 bits per heavy atom. The molecule has 0 N–H and O–H groups in total. The first-order chi connectivity index (χ1) is 8.21. The van der Waals surface area contributed by atoms with Crippen LogP contribution in [0.15, 0.2) is 0 Å². The van der Waals surface area contributed by atoms with Crippen molar-refractivity contribution in [1.29, 1.82) is 0 Å². The minimum atomic E-state index is -0.717. The van der Waals surface area contributed by atoms with Gasteiger partial charge in [0, 0.05) is 5.33 Å². The Bertz CT molecular complexity index is 554. The molecule has 0 aromatic carbocycles. The number of carbonyl (C=O) groups excluding carboxylic acids is 1. The SMILES string of the molecule is CCOC(=O)c1sc2nc(CF)nn2c1CBr. The van der Waals surface area contributed by atoms with Crippen LogP contribution in [0.1, 0.15) is 28.1 Å². The van der Waals surface area contributed by atoms with E-state index < -0.39 is 12.6 Å². The first kappa shape index (κ1) is 12.4. The maximum absolute atomic E-state index is 12.4. The molecule has 17 heavy (non-hydrogen) atoms. The van der Waals surface area contributed by atoms with E-state index in [2.05, 4.69) is 26.0 Å². The molecule has 0 aliphatic rings. The molecule has 0 atom stereocenters. The highest BCUT2D eigenvalue weighted by Crippen LogP contribution is 2.25. The molecule has 0 bridgehead atoms. The van der Waals surface area contributed by atoms with Crippen molar-refractivity contribution in [3.63, 3.8) is 0 Å². The molecule has 92 valence electrons. The van der Waals surface area contributed by atoms with Crippen LogP contribution in [-0.4, -0.2) is 27.2 Å². The summed E-state index contributed by atoms with van der Waals surface area (Å²) in [4.78, 5) is 16.6. The Morgan fingerprint density at radius 3 is 3.00 bits per heavy atom. The number of hydrogen-bond donors (Lipinski definition) is 0. The van der Waals surface area contributed by atoms with E-state index in [1.807, 2.05) is 0 Å². The van der Waals surface area contributed by atoms with Gasteiger partial charge >= 0.3 is 5.97 Å². The number of thiazole rings is 1. The maximum atomic E-state index is 12.4. The summed E-state index contributed by atoms with van der Waals surface area (Å²) in [7, 11) is 0. The van der Waals surface area contributed by atoms with Gasteiger partial charge in [0.05, 0.1) is 12.3 Å². The van der Waals surface area contributed by atoms with Gasteiger partial charge in [-0.3, -0.25) is 0 Å². The van der Waals surface area contributed by atoms with E-state index in [9.17, 15) is 9.18 Å². The van der Waals surface area contributed by atoms with E-state index in [0.29, 0.717) is 27.5 Å². The van der Waals surface area contributed by atoms with Gasteiger partial charge in [0.25, 0.3) is 0 Å². The van der Waals surface area contributed by atoms with Gasteiger partial charge in [-0.1, -0.05) is 27.3 Å². The number of rotatable bonds is 4. The van der Waals surface area contributed by atoms with E-state index in [4.69, 9.17) is 4.74 Å². The summed E-state index contributed by atoms with van der Waals surface area (Å²) in [5.41, 5.74) is 0.635. The fourth-order valence-corrected chi connectivity index (χ4v) is 3.05. The number of halogens is 2. The number of fused-ring (bicyclic) bond motifs is 1. The van der Waals surface area contributed by atoms with Crippen molar-refractivity contribution >= 4 is 38.2 Å². The average Bonchev–Trinajstić information content (AvgIpc) is 2.85. The van der Waals surface area contributed by atoms with Crippen LogP contribution in [0.3, 0.4) is 0 Å². The molecule has 0 saturated carbocycles. The number of ether oxygens (including phenoxy) is 1. The Kier molecular flexibility index (Phi) is 3.72. The maximum Gasteiger partial charge on any atom is 0.350 e. The molecule has 0 aliphatic heterocycles. The van der Waals surface area contributed by atoms with Crippen molar-refractivity contribution in [3.8, 4) is 0 Å². The standard InChI is InChI=1S/C9H9BrFN3O2S/c1-2-16-8(15)7-5(3-10)14-9(17-7)12-6(4-11)13-14/h2-4H2,1H3. The highest BCUT2D eigenvalue weighted by atomic mass is 79.9. The summed E-state index contributed by atoms with van der Waals surface area (Å²) in [6.45, 7) is 1.33. The molecule has 5 nitrogen and oxygen atoms in total. The number of alkyl halides is 2. The molecule has 8 heteroatoms. The van der Waals surface area contributed by atoms with Crippen molar-refractivity contribution in [1.82, 2.24) is 14.6 Å². The molecular formula is C9H9BrFN3O2S. The number of nitrogens with zero attached hydrogens (tertiary/aromatic N) is 3. The van der Waals surface area contributed by atoms with Crippen LogP contribution in [-0.2, 0) is 16.7 Å². The van der Waals surface area contributed by atoms with Gasteiger partial charge in [0.1, 0.15) is 4.88 Å². The predicted octanol–water partition coefficient (Wildman–Crippen LogP) is 2.33. The molecule has 2 aromatic heterocycles. The van der Waals surface area contributed by atoms with Gasteiger partial charge in [0.15, 0.2) is 12.5 Å². The Hall–Kier alpha value is -1.02. The summed E-state index contributed by atoms with van der Waals surface area (Å²) >= 11 is 4.43. The van der Waals surface area contributed by atoms with Crippen LogP contribution in [0.5, 0.6) is 0 Å². The van der Waals surface area contributed by atoms with E-state index in [1.165, 1.54) is 4.52 Å². The minimum Gasteiger partial charge on any atom is -0.462 e. The summed E-state index contributed by atoms with van der Waals surface area (Å²) in [5.74, 6) is -0.282. The predicted molar refractivity (Wildman–Crippen MR) is 64.3 cm³/mol. The average molecular weight is 322 g/mol. The summed E-state index contributed by atoms with van der Waals surface area (Å²) in [6.07, 6.45) is 0. The fourth-order valence-electron chi connectivity index (χ4n) is 1.36. The second-order valence-corrected chi connectivity index (χ2v) is 4.63. The lowest BCUT2D eigenvalue weighted by molar-refractivity contribution is 0.0530. The van der Waals surface area contributed by atoms with Crippen molar-refractivity contribution in [2.24, 2.45) is 0 Å². The van der Waals surface area contributed by atoms with Gasteiger partial charge in [-0.15, -0.1) is 5.10 Å². The molecule has 2 aromatic rings. The lowest BCUT2D eigenvalue weighted by atomic mass is 10.4. The Morgan fingerprint density at radius 2 is 2.41 bits per heavy atom. The molecule has 0 radical (unpaired) electrons.